The molecule has 0 aliphatic carbocycles. The fraction of sp³-hybridized carbons (Fsp3) is 0.368. The number of carbonyl (C=O) groups excluding carboxylic acids is 3. The molecular weight excluding hydrogens is 350 g/mol. The maximum atomic E-state index is 12.3. The number of piperazine rings is 1. The summed E-state index contributed by atoms with van der Waals surface area (Å²) in [5, 5.41) is 0. The van der Waals surface area contributed by atoms with Crippen molar-refractivity contribution < 1.29 is 23.5 Å². The second kappa shape index (κ2) is 8.03. The average molecular weight is 371 g/mol. The van der Waals surface area contributed by atoms with Crippen LogP contribution < -0.4 is 0 Å². The van der Waals surface area contributed by atoms with Gasteiger partial charge in [-0.15, -0.1) is 0 Å². The van der Waals surface area contributed by atoms with E-state index in [-0.39, 0.29) is 24.1 Å². The molecule has 3 rings (SSSR count). The number of esters is 1. The zero-order valence-electron chi connectivity index (χ0n) is 15.3. The van der Waals surface area contributed by atoms with Gasteiger partial charge in [0.1, 0.15) is 5.76 Å². The van der Waals surface area contributed by atoms with Crippen LogP contribution in [0.2, 0.25) is 0 Å². The van der Waals surface area contributed by atoms with Crippen molar-refractivity contribution in [2.24, 2.45) is 0 Å². The van der Waals surface area contributed by atoms with Gasteiger partial charge in [0.15, 0.2) is 12.3 Å². The van der Waals surface area contributed by atoms with Crippen molar-refractivity contribution in [3.05, 3.63) is 41.8 Å². The first-order valence-corrected chi connectivity index (χ1v) is 8.69. The highest BCUT2D eigenvalue weighted by Crippen LogP contribution is 2.21. The Hall–Kier alpha value is -3.16. The lowest BCUT2D eigenvalue weighted by atomic mass is 10.2. The maximum Gasteiger partial charge on any atom is 0.361 e. The van der Waals surface area contributed by atoms with Crippen molar-refractivity contribution in [2.75, 3.05) is 32.8 Å². The van der Waals surface area contributed by atoms with Crippen molar-refractivity contribution >= 4 is 17.8 Å². The van der Waals surface area contributed by atoms with Gasteiger partial charge >= 0.3 is 5.97 Å². The summed E-state index contributed by atoms with van der Waals surface area (Å²) in [6.07, 6.45) is 0. The number of amides is 2. The van der Waals surface area contributed by atoms with Gasteiger partial charge in [0, 0.05) is 38.7 Å². The number of hydrogen-bond donors (Lipinski definition) is 0. The van der Waals surface area contributed by atoms with Gasteiger partial charge in [0.2, 0.25) is 11.8 Å². The number of aromatic nitrogens is 1. The first kappa shape index (κ1) is 18.6. The van der Waals surface area contributed by atoms with Crippen LogP contribution in [-0.2, 0) is 14.3 Å². The molecule has 142 valence electrons. The normalized spacial score (nSPS) is 14.1. The predicted molar refractivity (Wildman–Crippen MR) is 95.8 cm³/mol. The molecule has 0 saturated carbocycles. The Morgan fingerprint density at radius 2 is 1.70 bits per heavy atom. The van der Waals surface area contributed by atoms with Gasteiger partial charge in [-0.05, 0) is 19.1 Å². The molecule has 27 heavy (non-hydrogen) atoms. The Bertz CT molecular complexity index is 838. The van der Waals surface area contributed by atoms with Crippen LogP contribution in [0.15, 0.2) is 34.7 Å². The van der Waals surface area contributed by atoms with E-state index in [0.717, 1.165) is 5.56 Å². The van der Waals surface area contributed by atoms with E-state index in [1.807, 2.05) is 30.3 Å². The quantitative estimate of drug-likeness (QED) is 0.756. The minimum Gasteiger partial charge on any atom is -0.451 e. The molecule has 1 aromatic heterocycles. The van der Waals surface area contributed by atoms with E-state index < -0.39 is 5.97 Å². The topological polar surface area (TPSA) is 93.0 Å². The SMILES string of the molecule is CC(=O)N1CCN(C(=O)COC(=O)c2nc(-c3ccccc3)oc2C)CC1. The monoisotopic (exact) mass is 371 g/mol. The third kappa shape index (κ3) is 4.33. The number of oxazole rings is 1. The summed E-state index contributed by atoms with van der Waals surface area (Å²) in [5.41, 5.74) is 0.808. The van der Waals surface area contributed by atoms with E-state index in [9.17, 15) is 14.4 Å². The first-order chi connectivity index (χ1) is 13.0. The highest BCUT2D eigenvalue weighted by Gasteiger charge is 2.25. The number of hydrogen-bond acceptors (Lipinski definition) is 6. The Labute approximate surface area is 156 Å². The van der Waals surface area contributed by atoms with Crippen LogP contribution in [0.4, 0.5) is 0 Å². The highest BCUT2D eigenvalue weighted by molar-refractivity contribution is 5.91. The molecule has 2 aromatic rings. The van der Waals surface area contributed by atoms with E-state index in [4.69, 9.17) is 9.15 Å². The lowest BCUT2D eigenvalue weighted by molar-refractivity contribution is -0.140. The summed E-state index contributed by atoms with van der Waals surface area (Å²) >= 11 is 0. The number of aryl methyl sites for hydroxylation is 1. The second-order valence-corrected chi connectivity index (χ2v) is 6.25. The third-order valence-corrected chi connectivity index (χ3v) is 4.42. The summed E-state index contributed by atoms with van der Waals surface area (Å²) in [5.74, 6) is -0.345. The minimum atomic E-state index is -0.700. The van der Waals surface area contributed by atoms with Gasteiger partial charge in [0.05, 0.1) is 0 Å². The first-order valence-electron chi connectivity index (χ1n) is 8.69. The molecule has 1 fully saturated rings. The lowest BCUT2D eigenvalue weighted by Gasteiger charge is -2.34. The van der Waals surface area contributed by atoms with Crippen LogP contribution in [-0.4, -0.2) is 65.4 Å². The fourth-order valence-corrected chi connectivity index (χ4v) is 2.85. The van der Waals surface area contributed by atoms with Crippen molar-refractivity contribution in [3.63, 3.8) is 0 Å². The van der Waals surface area contributed by atoms with Gasteiger partial charge in [-0.2, -0.15) is 0 Å². The molecule has 1 saturated heterocycles. The highest BCUT2D eigenvalue weighted by atomic mass is 16.5. The molecule has 2 heterocycles. The van der Waals surface area contributed by atoms with E-state index in [1.165, 1.54) is 6.92 Å². The molecule has 1 aromatic carbocycles. The number of rotatable bonds is 4. The molecule has 1 aliphatic heterocycles. The Morgan fingerprint density at radius 1 is 1.07 bits per heavy atom. The Balaban J connectivity index is 1.56. The molecule has 8 nitrogen and oxygen atoms in total. The van der Waals surface area contributed by atoms with Crippen molar-refractivity contribution in [3.8, 4) is 11.5 Å². The summed E-state index contributed by atoms with van der Waals surface area (Å²) < 4.78 is 10.6. The number of carbonyl (C=O) groups is 3. The van der Waals surface area contributed by atoms with Crippen molar-refractivity contribution in [1.82, 2.24) is 14.8 Å². The molecular formula is C19H21N3O5. The Morgan fingerprint density at radius 3 is 2.33 bits per heavy atom. The summed E-state index contributed by atoms with van der Waals surface area (Å²) in [7, 11) is 0. The van der Waals surface area contributed by atoms with E-state index in [1.54, 1.807) is 16.7 Å². The predicted octanol–water partition coefficient (Wildman–Crippen LogP) is 1.50. The standard InChI is InChI=1S/C19H21N3O5/c1-13-17(20-18(27-13)15-6-4-3-5-7-15)19(25)26-12-16(24)22-10-8-21(9-11-22)14(2)23/h3-7H,8-12H2,1-2H3. The maximum absolute atomic E-state index is 12.3. The second-order valence-electron chi connectivity index (χ2n) is 6.25. The smallest absolute Gasteiger partial charge is 0.361 e. The van der Waals surface area contributed by atoms with Crippen LogP contribution in [0, 0.1) is 6.92 Å². The van der Waals surface area contributed by atoms with Gasteiger partial charge in [-0.1, -0.05) is 18.2 Å². The van der Waals surface area contributed by atoms with Gasteiger partial charge in [-0.25, -0.2) is 9.78 Å². The molecule has 1 aliphatic rings. The minimum absolute atomic E-state index is 0.00995. The van der Waals surface area contributed by atoms with Crippen LogP contribution in [0.5, 0.6) is 0 Å². The van der Waals surface area contributed by atoms with E-state index in [0.29, 0.717) is 37.8 Å². The molecule has 0 unspecified atom stereocenters. The van der Waals surface area contributed by atoms with Crippen LogP contribution in [0.3, 0.4) is 0 Å². The molecule has 0 atom stereocenters. The zero-order valence-corrected chi connectivity index (χ0v) is 15.3. The summed E-state index contributed by atoms with van der Waals surface area (Å²) in [6, 6.07) is 9.21. The average Bonchev–Trinajstić information content (AvgIpc) is 3.08. The largest absolute Gasteiger partial charge is 0.451 e. The molecule has 8 heteroatoms. The number of benzene rings is 1. The van der Waals surface area contributed by atoms with Crippen molar-refractivity contribution in [2.45, 2.75) is 13.8 Å². The zero-order chi connectivity index (χ0) is 19.4. The van der Waals surface area contributed by atoms with E-state index in [2.05, 4.69) is 4.98 Å². The number of nitrogens with zero attached hydrogens (tertiary/aromatic N) is 3. The van der Waals surface area contributed by atoms with Gasteiger partial charge in [0.25, 0.3) is 5.91 Å². The molecule has 0 radical (unpaired) electrons. The molecule has 2 amide bonds. The summed E-state index contributed by atoms with van der Waals surface area (Å²) in [6.45, 7) is 4.58. The van der Waals surface area contributed by atoms with Crippen LogP contribution >= 0.6 is 0 Å². The van der Waals surface area contributed by atoms with Crippen LogP contribution in [0.1, 0.15) is 23.2 Å². The van der Waals surface area contributed by atoms with Crippen LogP contribution in [0.25, 0.3) is 11.5 Å². The van der Waals surface area contributed by atoms with Crippen molar-refractivity contribution in [1.29, 1.82) is 0 Å². The molecule has 0 N–H and O–H groups in total. The van der Waals surface area contributed by atoms with Gasteiger partial charge < -0.3 is 19.0 Å². The fourth-order valence-electron chi connectivity index (χ4n) is 2.85. The van der Waals surface area contributed by atoms with E-state index >= 15 is 0 Å². The lowest BCUT2D eigenvalue weighted by Crippen LogP contribution is -2.51. The third-order valence-electron chi connectivity index (χ3n) is 4.42. The Kier molecular flexibility index (Phi) is 5.54. The van der Waals surface area contributed by atoms with Gasteiger partial charge in [-0.3, -0.25) is 9.59 Å². The molecule has 0 bridgehead atoms. The summed E-state index contributed by atoms with van der Waals surface area (Å²) in [4.78, 5) is 43.3. The number of ether oxygens (including phenoxy) is 1. The molecule has 0 spiro atoms.